The lowest BCUT2D eigenvalue weighted by Crippen LogP contribution is -2.33. The number of para-hydroxylation sites is 1. The maximum absolute atomic E-state index is 12.8. The molecule has 182 valence electrons. The molecular formula is C28H33N5OS. The number of amides is 1. The highest BCUT2D eigenvalue weighted by Crippen LogP contribution is 2.43. The first-order valence-electron chi connectivity index (χ1n) is 12.5. The molecule has 2 aromatic heterocycles. The molecule has 2 atom stereocenters. The molecule has 1 aromatic carbocycles. The van der Waals surface area contributed by atoms with Crippen LogP contribution in [0.3, 0.4) is 0 Å². The van der Waals surface area contributed by atoms with Crippen LogP contribution in [0.4, 0.5) is 5.69 Å². The van der Waals surface area contributed by atoms with E-state index < -0.39 is 0 Å². The van der Waals surface area contributed by atoms with Gasteiger partial charge in [-0.15, -0.1) is 0 Å². The standard InChI is InChI=1S/C28H33N5OS/c1-19-18-23(20(2)33(19)22-12-6-7-13-22)27-26(24-14-8-9-16-29-24)31-28(35)32(27)17-15-25(34)30-21-10-4-3-5-11-21/h3-5,8-11,14,16,18,22,26-27H,6-7,12-13,15,17H2,1-2H3,(H,30,34)(H,31,35)/t26-,27+/m1/s1. The molecule has 6 nitrogen and oxygen atoms in total. The Balaban J connectivity index is 1.44. The number of nitrogens with one attached hydrogen (secondary N) is 2. The van der Waals surface area contributed by atoms with Crippen molar-refractivity contribution in [3.8, 4) is 0 Å². The Kier molecular flexibility index (Phi) is 6.86. The number of aryl methyl sites for hydroxylation is 1. The Labute approximate surface area is 212 Å². The summed E-state index contributed by atoms with van der Waals surface area (Å²) in [6, 6.07) is 18.4. The van der Waals surface area contributed by atoms with E-state index in [4.69, 9.17) is 12.2 Å². The first-order valence-corrected chi connectivity index (χ1v) is 12.9. The van der Waals surface area contributed by atoms with Crippen LogP contribution in [0.5, 0.6) is 0 Å². The molecule has 3 aromatic rings. The third-order valence-electron chi connectivity index (χ3n) is 7.37. The predicted molar refractivity (Wildman–Crippen MR) is 143 cm³/mol. The SMILES string of the molecule is Cc1cc([C@H]2[C@@H](c3ccccn3)NC(=S)N2CCC(=O)Nc2ccccc2)c(C)n1C1CCCC1. The molecule has 0 bridgehead atoms. The van der Waals surface area contributed by atoms with Crippen molar-refractivity contribution in [1.82, 2.24) is 19.8 Å². The quantitative estimate of drug-likeness (QED) is 0.424. The van der Waals surface area contributed by atoms with Crippen molar-refractivity contribution in [2.45, 2.75) is 64.1 Å². The van der Waals surface area contributed by atoms with Crippen LogP contribution in [0, 0.1) is 13.8 Å². The van der Waals surface area contributed by atoms with Gasteiger partial charge in [0.1, 0.15) is 0 Å². The van der Waals surface area contributed by atoms with Gasteiger partial charge in [0.15, 0.2) is 5.11 Å². The molecule has 0 radical (unpaired) electrons. The van der Waals surface area contributed by atoms with Crippen molar-refractivity contribution in [2.75, 3.05) is 11.9 Å². The fourth-order valence-electron chi connectivity index (χ4n) is 5.78. The van der Waals surface area contributed by atoms with Crippen LogP contribution < -0.4 is 10.6 Å². The number of rotatable bonds is 7. The predicted octanol–water partition coefficient (Wildman–Crippen LogP) is 5.62. The van der Waals surface area contributed by atoms with E-state index in [9.17, 15) is 4.79 Å². The van der Waals surface area contributed by atoms with Gasteiger partial charge in [0, 0.05) is 42.3 Å². The van der Waals surface area contributed by atoms with E-state index in [0.29, 0.717) is 24.1 Å². The summed E-state index contributed by atoms with van der Waals surface area (Å²) in [6.07, 6.45) is 7.25. The number of benzene rings is 1. The minimum Gasteiger partial charge on any atom is -0.352 e. The van der Waals surface area contributed by atoms with Gasteiger partial charge >= 0.3 is 0 Å². The van der Waals surface area contributed by atoms with Crippen molar-refractivity contribution in [2.24, 2.45) is 0 Å². The fraction of sp³-hybridized carbons (Fsp3) is 0.393. The molecule has 2 N–H and O–H groups in total. The number of nitrogens with zero attached hydrogens (tertiary/aromatic N) is 3. The van der Waals surface area contributed by atoms with Gasteiger partial charge in [0.2, 0.25) is 5.91 Å². The molecule has 5 rings (SSSR count). The van der Waals surface area contributed by atoms with E-state index in [1.165, 1.54) is 42.6 Å². The molecule has 7 heteroatoms. The van der Waals surface area contributed by atoms with Gasteiger partial charge in [-0.2, -0.15) is 0 Å². The monoisotopic (exact) mass is 487 g/mol. The average molecular weight is 488 g/mol. The summed E-state index contributed by atoms with van der Waals surface area (Å²) >= 11 is 5.81. The largest absolute Gasteiger partial charge is 0.352 e. The van der Waals surface area contributed by atoms with E-state index in [-0.39, 0.29) is 18.0 Å². The first-order chi connectivity index (χ1) is 17.0. The fourth-order valence-corrected chi connectivity index (χ4v) is 6.11. The number of thiocarbonyl (C=S) groups is 1. The zero-order chi connectivity index (χ0) is 24.4. The molecule has 0 unspecified atom stereocenters. The van der Waals surface area contributed by atoms with Crippen molar-refractivity contribution in [3.63, 3.8) is 0 Å². The minimum absolute atomic E-state index is 0.0181. The zero-order valence-corrected chi connectivity index (χ0v) is 21.2. The van der Waals surface area contributed by atoms with E-state index in [2.05, 4.69) is 51.1 Å². The lowest BCUT2D eigenvalue weighted by Gasteiger charge is -2.28. The van der Waals surface area contributed by atoms with Gasteiger partial charge in [-0.25, -0.2) is 0 Å². The van der Waals surface area contributed by atoms with Crippen LogP contribution in [-0.4, -0.2) is 32.0 Å². The van der Waals surface area contributed by atoms with E-state index in [1.54, 1.807) is 0 Å². The summed E-state index contributed by atoms with van der Waals surface area (Å²) in [5.41, 5.74) is 5.62. The molecule has 3 heterocycles. The van der Waals surface area contributed by atoms with Crippen LogP contribution in [0.15, 0.2) is 60.8 Å². The van der Waals surface area contributed by atoms with Crippen molar-refractivity contribution in [1.29, 1.82) is 0 Å². The van der Waals surface area contributed by atoms with E-state index in [0.717, 1.165) is 11.4 Å². The van der Waals surface area contributed by atoms with Crippen molar-refractivity contribution >= 4 is 28.9 Å². The molecule has 1 saturated carbocycles. The first kappa shape index (κ1) is 23.5. The molecule has 35 heavy (non-hydrogen) atoms. The Morgan fingerprint density at radius 3 is 2.57 bits per heavy atom. The number of carbonyl (C=O) groups excluding carboxylic acids is 1. The van der Waals surface area contributed by atoms with Gasteiger partial charge in [0.05, 0.1) is 17.8 Å². The molecule has 1 saturated heterocycles. The second-order valence-corrected chi connectivity index (χ2v) is 10.0. The highest BCUT2D eigenvalue weighted by molar-refractivity contribution is 7.80. The van der Waals surface area contributed by atoms with Crippen LogP contribution in [0.1, 0.15) is 72.9 Å². The summed E-state index contributed by atoms with van der Waals surface area (Å²) < 4.78 is 2.53. The topological polar surface area (TPSA) is 62.2 Å². The average Bonchev–Trinajstić information content (AvgIpc) is 3.57. The van der Waals surface area contributed by atoms with Crippen LogP contribution in [-0.2, 0) is 4.79 Å². The number of pyridine rings is 1. The summed E-state index contributed by atoms with van der Waals surface area (Å²) in [7, 11) is 0. The minimum atomic E-state index is -0.0709. The summed E-state index contributed by atoms with van der Waals surface area (Å²) in [5.74, 6) is -0.0181. The molecule has 2 aliphatic rings. The van der Waals surface area contributed by atoms with E-state index in [1.807, 2.05) is 48.7 Å². The van der Waals surface area contributed by atoms with Gasteiger partial charge in [-0.1, -0.05) is 37.1 Å². The van der Waals surface area contributed by atoms with Gasteiger partial charge in [-0.3, -0.25) is 9.78 Å². The normalized spacial score (nSPS) is 20.3. The van der Waals surface area contributed by atoms with Crippen LogP contribution in [0.2, 0.25) is 0 Å². The smallest absolute Gasteiger partial charge is 0.226 e. The van der Waals surface area contributed by atoms with Gasteiger partial charge < -0.3 is 20.1 Å². The summed E-state index contributed by atoms with van der Waals surface area (Å²) in [5, 5.41) is 7.19. The summed E-state index contributed by atoms with van der Waals surface area (Å²) in [4.78, 5) is 19.6. The Morgan fingerprint density at radius 2 is 1.86 bits per heavy atom. The second-order valence-electron chi connectivity index (χ2n) is 9.62. The lowest BCUT2D eigenvalue weighted by atomic mass is 9.96. The van der Waals surface area contributed by atoms with Gasteiger partial charge in [0.25, 0.3) is 0 Å². The van der Waals surface area contributed by atoms with Crippen LogP contribution in [0.25, 0.3) is 0 Å². The molecule has 0 spiro atoms. The zero-order valence-electron chi connectivity index (χ0n) is 20.4. The highest BCUT2D eigenvalue weighted by atomic mass is 32.1. The molecule has 2 fully saturated rings. The maximum Gasteiger partial charge on any atom is 0.226 e. The Morgan fingerprint density at radius 1 is 1.11 bits per heavy atom. The Hall–Kier alpha value is -3.19. The number of hydrogen-bond donors (Lipinski definition) is 2. The second kappa shape index (κ2) is 10.2. The number of hydrogen-bond acceptors (Lipinski definition) is 3. The lowest BCUT2D eigenvalue weighted by molar-refractivity contribution is -0.116. The molecular weight excluding hydrogens is 454 g/mol. The van der Waals surface area contributed by atoms with Crippen LogP contribution >= 0.6 is 12.2 Å². The molecule has 1 amide bonds. The summed E-state index contributed by atoms with van der Waals surface area (Å²) in [6.45, 7) is 4.98. The van der Waals surface area contributed by atoms with Crippen molar-refractivity contribution in [3.05, 3.63) is 83.4 Å². The third-order valence-corrected chi connectivity index (χ3v) is 7.72. The van der Waals surface area contributed by atoms with E-state index >= 15 is 0 Å². The maximum atomic E-state index is 12.8. The Bertz CT molecular complexity index is 1190. The molecule has 1 aliphatic heterocycles. The molecule has 1 aliphatic carbocycles. The van der Waals surface area contributed by atoms with Crippen molar-refractivity contribution < 1.29 is 4.79 Å². The third kappa shape index (κ3) is 4.82. The number of carbonyl (C=O) groups is 1. The number of aromatic nitrogens is 2. The highest BCUT2D eigenvalue weighted by Gasteiger charge is 2.41. The van der Waals surface area contributed by atoms with Gasteiger partial charge in [-0.05, 0) is 74.8 Å². The number of anilines is 1.